The lowest BCUT2D eigenvalue weighted by Gasteiger charge is -2.23. The van der Waals surface area contributed by atoms with Crippen molar-refractivity contribution < 1.29 is 4.48 Å². The monoisotopic (exact) mass is 231 g/mol. The molecule has 0 heterocycles. The zero-order valence-corrected chi connectivity index (χ0v) is 11.1. The first kappa shape index (κ1) is 13.7. The molecule has 0 saturated heterocycles. The zero-order valence-electron chi connectivity index (χ0n) is 11.1. The van der Waals surface area contributed by atoms with E-state index in [4.69, 9.17) is 0 Å². The normalized spacial score (nSPS) is 12.6. The van der Waals surface area contributed by atoms with Crippen molar-refractivity contribution in [3.05, 3.63) is 42.0 Å². The van der Waals surface area contributed by atoms with Gasteiger partial charge in [0.05, 0.1) is 27.7 Å². The van der Waals surface area contributed by atoms with Gasteiger partial charge < -0.3 is 4.48 Å². The van der Waals surface area contributed by atoms with Crippen LogP contribution in [0.3, 0.4) is 0 Å². The van der Waals surface area contributed by atoms with Crippen LogP contribution in [0.25, 0.3) is 6.08 Å². The minimum absolute atomic E-state index is 0.911. The lowest BCUT2D eigenvalue weighted by Crippen LogP contribution is -2.35. The summed E-state index contributed by atoms with van der Waals surface area (Å²) >= 11 is 0. The third kappa shape index (κ3) is 7.47. The van der Waals surface area contributed by atoms with Crippen LogP contribution in [0.2, 0.25) is 0 Å². The number of quaternary nitrogens is 1. The highest BCUT2D eigenvalue weighted by molar-refractivity contribution is 5.78. The van der Waals surface area contributed by atoms with Gasteiger partial charge in [-0.1, -0.05) is 36.4 Å². The van der Waals surface area contributed by atoms with Gasteiger partial charge in [0.25, 0.3) is 0 Å². The number of aliphatic imine (C=N–C) groups is 1. The fourth-order valence-electron chi connectivity index (χ4n) is 1.49. The third-order valence-electron chi connectivity index (χ3n) is 2.40. The Hall–Kier alpha value is -1.41. The van der Waals surface area contributed by atoms with Crippen molar-refractivity contribution >= 4 is 12.3 Å². The summed E-state index contributed by atoms with van der Waals surface area (Å²) in [6, 6.07) is 10.3. The van der Waals surface area contributed by atoms with Crippen LogP contribution in [-0.4, -0.2) is 44.9 Å². The van der Waals surface area contributed by atoms with Crippen LogP contribution in [0.4, 0.5) is 0 Å². The van der Waals surface area contributed by atoms with E-state index in [0.29, 0.717) is 0 Å². The minimum Gasteiger partial charge on any atom is -0.331 e. The predicted octanol–water partition coefficient (Wildman–Crippen LogP) is 2.87. The van der Waals surface area contributed by atoms with Crippen molar-refractivity contribution in [3.63, 3.8) is 0 Å². The molecule has 0 radical (unpaired) electrons. The molecular formula is C15H23N2+. The van der Waals surface area contributed by atoms with Crippen molar-refractivity contribution in [3.8, 4) is 0 Å². The summed E-state index contributed by atoms with van der Waals surface area (Å²) in [5.74, 6) is 0. The van der Waals surface area contributed by atoms with E-state index >= 15 is 0 Å². The van der Waals surface area contributed by atoms with Crippen molar-refractivity contribution in [2.45, 2.75) is 6.42 Å². The molecule has 0 atom stereocenters. The van der Waals surface area contributed by atoms with E-state index in [1.54, 1.807) is 0 Å². The maximum atomic E-state index is 4.37. The molecule has 0 aliphatic carbocycles. The lowest BCUT2D eigenvalue weighted by atomic mass is 10.2. The molecule has 0 amide bonds. The standard InChI is InChI=1S/C15H23N2/c1-17(2,3)14-8-13-16-12-7-11-15-9-5-4-6-10-15/h4-7,9-12H,8,13-14H2,1-3H3/q+1/b11-7+,16-12?. The molecule has 1 rings (SSSR count). The third-order valence-corrected chi connectivity index (χ3v) is 2.40. The summed E-state index contributed by atoms with van der Waals surface area (Å²) in [4.78, 5) is 4.37. The molecule has 0 aliphatic heterocycles. The van der Waals surface area contributed by atoms with Gasteiger partial charge in [0.15, 0.2) is 0 Å². The molecule has 0 aromatic heterocycles. The van der Waals surface area contributed by atoms with E-state index in [9.17, 15) is 0 Å². The Balaban J connectivity index is 2.20. The number of hydrogen-bond acceptors (Lipinski definition) is 1. The summed E-state index contributed by atoms with van der Waals surface area (Å²) in [5, 5.41) is 0. The first-order valence-electron chi connectivity index (χ1n) is 6.10. The van der Waals surface area contributed by atoms with Crippen molar-refractivity contribution in [2.24, 2.45) is 4.99 Å². The van der Waals surface area contributed by atoms with Crippen LogP contribution in [0.15, 0.2) is 41.4 Å². The molecule has 92 valence electrons. The van der Waals surface area contributed by atoms with Gasteiger partial charge in [-0.25, -0.2) is 0 Å². The van der Waals surface area contributed by atoms with Gasteiger partial charge in [0.1, 0.15) is 0 Å². The largest absolute Gasteiger partial charge is 0.331 e. The minimum atomic E-state index is 0.911. The van der Waals surface area contributed by atoms with Gasteiger partial charge in [0.2, 0.25) is 0 Å². The highest BCUT2D eigenvalue weighted by Crippen LogP contribution is 1.99. The van der Waals surface area contributed by atoms with Crippen LogP contribution in [0.5, 0.6) is 0 Å². The Morgan fingerprint density at radius 3 is 2.47 bits per heavy atom. The molecule has 0 saturated carbocycles. The second kappa shape index (κ2) is 7.02. The van der Waals surface area contributed by atoms with Crippen LogP contribution in [0.1, 0.15) is 12.0 Å². The van der Waals surface area contributed by atoms with Crippen molar-refractivity contribution in [1.29, 1.82) is 0 Å². The molecule has 17 heavy (non-hydrogen) atoms. The number of nitrogens with zero attached hydrogens (tertiary/aromatic N) is 2. The van der Waals surface area contributed by atoms with Crippen LogP contribution in [-0.2, 0) is 0 Å². The van der Waals surface area contributed by atoms with E-state index < -0.39 is 0 Å². The topological polar surface area (TPSA) is 12.4 Å². The Bertz CT molecular complexity index is 358. The summed E-state index contributed by atoms with van der Waals surface area (Å²) in [6.45, 7) is 2.08. The Morgan fingerprint density at radius 1 is 1.12 bits per heavy atom. The summed E-state index contributed by atoms with van der Waals surface area (Å²) in [6.07, 6.45) is 7.10. The SMILES string of the molecule is C[N+](C)(C)CCCN=C/C=C/c1ccccc1. The van der Waals surface area contributed by atoms with E-state index in [-0.39, 0.29) is 0 Å². The first-order chi connectivity index (χ1) is 8.08. The van der Waals surface area contributed by atoms with Gasteiger partial charge in [-0.05, 0) is 11.6 Å². The summed E-state index contributed by atoms with van der Waals surface area (Å²) in [7, 11) is 6.62. The molecule has 2 heteroatoms. The van der Waals surface area contributed by atoms with Gasteiger partial charge in [0, 0.05) is 19.2 Å². The molecule has 0 spiro atoms. The molecule has 1 aromatic carbocycles. The molecule has 0 aliphatic rings. The summed E-state index contributed by atoms with van der Waals surface area (Å²) in [5.41, 5.74) is 1.21. The number of rotatable bonds is 6. The molecule has 0 unspecified atom stereocenters. The van der Waals surface area contributed by atoms with E-state index in [2.05, 4.69) is 44.3 Å². The van der Waals surface area contributed by atoms with Gasteiger partial charge in [-0.15, -0.1) is 0 Å². The van der Waals surface area contributed by atoms with Crippen LogP contribution >= 0.6 is 0 Å². The number of allylic oxidation sites excluding steroid dienone is 1. The maximum absolute atomic E-state index is 4.37. The molecule has 0 N–H and O–H groups in total. The maximum Gasteiger partial charge on any atom is 0.0798 e. The van der Waals surface area contributed by atoms with Crippen LogP contribution in [0, 0.1) is 0 Å². The fourth-order valence-corrected chi connectivity index (χ4v) is 1.49. The second-order valence-corrected chi connectivity index (χ2v) is 5.19. The highest BCUT2D eigenvalue weighted by Gasteiger charge is 2.03. The van der Waals surface area contributed by atoms with E-state index in [1.165, 1.54) is 12.1 Å². The first-order valence-corrected chi connectivity index (χ1v) is 6.10. The van der Waals surface area contributed by atoms with E-state index in [1.807, 2.05) is 30.5 Å². The fraction of sp³-hybridized carbons (Fsp3) is 0.400. The van der Waals surface area contributed by atoms with E-state index in [0.717, 1.165) is 17.4 Å². The summed E-state index contributed by atoms with van der Waals surface area (Å²) < 4.78 is 1.01. The molecule has 0 bridgehead atoms. The average molecular weight is 231 g/mol. The van der Waals surface area contributed by atoms with Crippen LogP contribution < -0.4 is 0 Å². The lowest BCUT2D eigenvalue weighted by molar-refractivity contribution is -0.870. The van der Waals surface area contributed by atoms with Crippen molar-refractivity contribution in [2.75, 3.05) is 34.2 Å². The number of benzene rings is 1. The zero-order chi connectivity index (χ0) is 12.6. The molecule has 2 nitrogen and oxygen atoms in total. The Morgan fingerprint density at radius 2 is 1.82 bits per heavy atom. The van der Waals surface area contributed by atoms with Gasteiger partial charge in [-0.3, -0.25) is 4.99 Å². The Kier molecular flexibility index (Phi) is 5.64. The van der Waals surface area contributed by atoms with Crippen molar-refractivity contribution in [1.82, 2.24) is 0 Å². The van der Waals surface area contributed by atoms with Gasteiger partial charge in [-0.2, -0.15) is 0 Å². The predicted molar refractivity (Wildman–Crippen MR) is 76.4 cm³/mol. The average Bonchev–Trinajstić information content (AvgIpc) is 2.28. The molecule has 1 aromatic rings. The smallest absolute Gasteiger partial charge is 0.0798 e. The second-order valence-electron chi connectivity index (χ2n) is 5.19. The molecular weight excluding hydrogens is 208 g/mol. The number of hydrogen-bond donors (Lipinski definition) is 0. The van der Waals surface area contributed by atoms with Gasteiger partial charge >= 0.3 is 0 Å². The quantitative estimate of drug-likeness (QED) is 0.405. The highest BCUT2D eigenvalue weighted by atomic mass is 15.3. The molecule has 0 fully saturated rings. The Labute approximate surface area is 105 Å².